The van der Waals surface area contributed by atoms with E-state index in [1.165, 1.54) is 0 Å². The Bertz CT molecular complexity index is 1740. The normalized spacial score (nSPS) is 18.9. The lowest BCUT2D eigenvalue weighted by atomic mass is 9.81. The molecule has 1 saturated carbocycles. The van der Waals surface area contributed by atoms with Gasteiger partial charge in [-0.05, 0) is 110 Å². The van der Waals surface area contributed by atoms with Crippen LogP contribution in [0, 0.1) is 11.8 Å². The van der Waals surface area contributed by atoms with Crippen LogP contribution < -0.4 is 16.4 Å². The molecule has 1 atom stereocenters. The van der Waals surface area contributed by atoms with E-state index in [0.717, 1.165) is 74.1 Å². The summed E-state index contributed by atoms with van der Waals surface area (Å²) in [5.74, 6) is 0.378. The third-order valence-corrected chi connectivity index (χ3v) is 9.84. The number of halogens is 1. The number of aromatic nitrogens is 3. The second-order valence-corrected chi connectivity index (χ2v) is 13.5. The van der Waals surface area contributed by atoms with Crippen LogP contribution in [0.25, 0.3) is 22.5 Å². The topological polar surface area (TPSA) is 149 Å². The van der Waals surface area contributed by atoms with Gasteiger partial charge in [-0.15, -0.1) is 0 Å². The maximum atomic E-state index is 13.8. The number of aromatic amines is 1. The standard InChI is InChI=1S/C37H43ClN8O3/c1-45-17-19-46(20-18-45)36(49)29-11-9-26(10-12-29)30-4-2-3-25(21-30)22-32(41-34(47)28-7-5-24(23-39)6-8-28)35(48)40-31-15-13-27(14-16-31)33-42-37(38)44-43-33/h2-4,9-16,21,24,28,32H,5-8,17-20,22-23,39H2,1H3,(H,40,48)(H,41,47)(H,42,43,44)/t24?,28?,32-/m0/s1. The molecule has 3 amide bonds. The highest BCUT2D eigenvalue weighted by Crippen LogP contribution is 2.29. The maximum Gasteiger partial charge on any atom is 0.253 e. The molecule has 0 radical (unpaired) electrons. The third-order valence-electron chi connectivity index (χ3n) is 9.68. The number of carbonyl (C=O) groups is 3. The Balaban J connectivity index is 1.16. The first-order valence-electron chi connectivity index (χ1n) is 16.9. The van der Waals surface area contributed by atoms with Gasteiger partial charge in [0.1, 0.15) is 6.04 Å². The molecular weight excluding hydrogens is 640 g/mol. The Morgan fingerprint density at radius 1 is 0.918 bits per heavy atom. The number of carbonyl (C=O) groups excluding carboxylic acids is 3. The van der Waals surface area contributed by atoms with Crippen LogP contribution in [-0.4, -0.2) is 88.5 Å². The van der Waals surface area contributed by atoms with E-state index in [4.69, 9.17) is 17.3 Å². The Morgan fingerprint density at radius 3 is 2.27 bits per heavy atom. The van der Waals surface area contributed by atoms with Crippen molar-refractivity contribution in [3.63, 3.8) is 0 Å². The summed E-state index contributed by atoms with van der Waals surface area (Å²) in [5, 5.41) is 12.9. The van der Waals surface area contributed by atoms with Crippen LogP contribution in [0.4, 0.5) is 5.69 Å². The van der Waals surface area contributed by atoms with Crippen molar-refractivity contribution in [3.05, 3.63) is 89.2 Å². The van der Waals surface area contributed by atoms with Crippen LogP contribution in [0.15, 0.2) is 72.8 Å². The first-order valence-corrected chi connectivity index (χ1v) is 17.3. The van der Waals surface area contributed by atoms with Crippen molar-refractivity contribution in [1.82, 2.24) is 30.3 Å². The molecule has 2 aliphatic rings. The monoisotopic (exact) mass is 682 g/mol. The van der Waals surface area contributed by atoms with Gasteiger partial charge in [-0.25, -0.2) is 5.10 Å². The largest absolute Gasteiger partial charge is 0.344 e. The van der Waals surface area contributed by atoms with Crippen molar-refractivity contribution in [2.75, 3.05) is 45.1 Å². The summed E-state index contributed by atoms with van der Waals surface area (Å²) >= 11 is 5.88. The number of likely N-dealkylation sites (N-methyl/N-ethyl adjacent to an activating group) is 1. The molecule has 256 valence electrons. The number of benzene rings is 3. The number of hydrogen-bond acceptors (Lipinski definition) is 7. The number of rotatable bonds is 10. The van der Waals surface area contributed by atoms with Gasteiger partial charge in [-0.3, -0.25) is 14.4 Å². The van der Waals surface area contributed by atoms with Gasteiger partial charge in [-0.1, -0.05) is 36.4 Å². The fourth-order valence-electron chi connectivity index (χ4n) is 6.57. The van der Waals surface area contributed by atoms with Gasteiger partial charge in [-0.2, -0.15) is 10.1 Å². The van der Waals surface area contributed by atoms with Crippen molar-refractivity contribution in [3.8, 4) is 22.5 Å². The number of nitrogens with zero attached hydrogens (tertiary/aromatic N) is 4. The van der Waals surface area contributed by atoms with Crippen molar-refractivity contribution >= 4 is 35.0 Å². The van der Waals surface area contributed by atoms with Crippen LogP contribution in [0.3, 0.4) is 0 Å². The number of nitrogens with one attached hydrogen (secondary N) is 3. The van der Waals surface area contributed by atoms with Crippen LogP contribution >= 0.6 is 11.6 Å². The predicted octanol–water partition coefficient (Wildman–Crippen LogP) is 4.61. The quantitative estimate of drug-likeness (QED) is 0.191. The van der Waals surface area contributed by atoms with Gasteiger partial charge in [0.2, 0.25) is 17.1 Å². The summed E-state index contributed by atoms with van der Waals surface area (Å²) in [4.78, 5) is 48.6. The molecule has 0 spiro atoms. The number of amides is 3. The van der Waals surface area contributed by atoms with Crippen LogP contribution in [0.5, 0.6) is 0 Å². The van der Waals surface area contributed by atoms with Gasteiger partial charge >= 0.3 is 0 Å². The Labute approximate surface area is 291 Å². The molecule has 1 aromatic heterocycles. The third kappa shape index (κ3) is 8.72. The molecule has 4 aromatic rings. The molecule has 49 heavy (non-hydrogen) atoms. The summed E-state index contributed by atoms with van der Waals surface area (Å²) in [5.41, 5.74) is 10.7. The minimum absolute atomic E-state index is 0.0475. The average molecular weight is 683 g/mol. The molecule has 1 saturated heterocycles. The van der Waals surface area contributed by atoms with Crippen LogP contribution in [0.1, 0.15) is 41.6 Å². The summed E-state index contributed by atoms with van der Waals surface area (Å²) in [7, 11) is 2.07. The van der Waals surface area contributed by atoms with E-state index in [2.05, 4.69) is 37.8 Å². The van der Waals surface area contributed by atoms with Crippen LogP contribution in [0.2, 0.25) is 5.28 Å². The highest BCUT2D eigenvalue weighted by molar-refractivity contribution is 6.28. The van der Waals surface area contributed by atoms with E-state index in [0.29, 0.717) is 36.0 Å². The number of anilines is 1. The van der Waals surface area contributed by atoms with E-state index >= 15 is 0 Å². The van der Waals surface area contributed by atoms with Gasteiger partial charge in [0.25, 0.3) is 5.91 Å². The summed E-state index contributed by atoms with van der Waals surface area (Å²) in [6.07, 6.45) is 3.65. The van der Waals surface area contributed by atoms with Gasteiger partial charge < -0.3 is 26.2 Å². The van der Waals surface area contributed by atoms with Crippen molar-refractivity contribution in [2.45, 2.75) is 38.1 Å². The highest BCUT2D eigenvalue weighted by Gasteiger charge is 2.29. The molecule has 12 heteroatoms. The molecule has 1 aliphatic heterocycles. The SMILES string of the molecule is CN1CCN(C(=O)c2ccc(-c3cccc(C[C@H](NC(=O)C4CCC(CN)CC4)C(=O)Nc4ccc(-c5n[nH]c(Cl)n5)cc4)c3)cc2)CC1. The Kier molecular flexibility index (Phi) is 11.0. The lowest BCUT2D eigenvalue weighted by Gasteiger charge is -2.32. The van der Waals surface area contributed by atoms with Crippen molar-refractivity contribution in [1.29, 1.82) is 0 Å². The molecule has 1 aliphatic carbocycles. The van der Waals surface area contributed by atoms with Crippen molar-refractivity contribution in [2.24, 2.45) is 17.6 Å². The molecular formula is C37H43ClN8O3. The first-order chi connectivity index (χ1) is 23.7. The zero-order valence-corrected chi connectivity index (χ0v) is 28.5. The smallest absolute Gasteiger partial charge is 0.253 e. The minimum atomic E-state index is -0.801. The van der Waals surface area contributed by atoms with E-state index in [-0.39, 0.29) is 28.9 Å². The van der Waals surface area contributed by atoms with Gasteiger partial charge in [0.15, 0.2) is 5.82 Å². The first kappa shape index (κ1) is 34.3. The average Bonchev–Trinajstić information content (AvgIpc) is 3.58. The molecule has 11 nitrogen and oxygen atoms in total. The predicted molar refractivity (Wildman–Crippen MR) is 191 cm³/mol. The second-order valence-electron chi connectivity index (χ2n) is 13.1. The summed E-state index contributed by atoms with van der Waals surface area (Å²) < 4.78 is 0. The van der Waals surface area contributed by atoms with E-state index < -0.39 is 6.04 Å². The van der Waals surface area contributed by atoms with Crippen molar-refractivity contribution < 1.29 is 14.4 Å². The molecule has 6 rings (SSSR count). The number of nitrogens with two attached hydrogens (primary N) is 1. The fourth-order valence-corrected chi connectivity index (χ4v) is 6.70. The zero-order chi connectivity index (χ0) is 34.3. The maximum absolute atomic E-state index is 13.8. The lowest BCUT2D eigenvalue weighted by molar-refractivity contribution is -0.130. The van der Waals surface area contributed by atoms with E-state index in [1.54, 1.807) is 24.3 Å². The zero-order valence-electron chi connectivity index (χ0n) is 27.7. The summed E-state index contributed by atoms with van der Waals surface area (Å²) in [6, 6.07) is 22.0. The second kappa shape index (κ2) is 15.8. The molecule has 5 N–H and O–H groups in total. The Hall–Kier alpha value is -4.58. The Morgan fingerprint density at radius 2 is 1.61 bits per heavy atom. The lowest BCUT2D eigenvalue weighted by Crippen LogP contribution is -2.48. The number of H-pyrrole nitrogens is 1. The van der Waals surface area contributed by atoms with Crippen LogP contribution in [-0.2, 0) is 16.0 Å². The molecule has 3 aromatic carbocycles. The van der Waals surface area contributed by atoms with E-state index in [9.17, 15) is 14.4 Å². The summed E-state index contributed by atoms with van der Waals surface area (Å²) in [6.45, 7) is 3.83. The molecule has 2 fully saturated rings. The van der Waals surface area contributed by atoms with Gasteiger partial charge in [0, 0.05) is 55.3 Å². The molecule has 2 heterocycles. The molecule has 0 bridgehead atoms. The number of hydrogen-bond donors (Lipinski definition) is 4. The van der Waals surface area contributed by atoms with E-state index in [1.807, 2.05) is 53.4 Å². The van der Waals surface area contributed by atoms with Gasteiger partial charge in [0.05, 0.1) is 0 Å². The minimum Gasteiger partial charge on any atom is -0.344 e. The highest BCUT2D eigenvalue weighted by atomic mass is 35.5. The fraction of sp³-hybridized carbons (Fsp3) is 0.378. The molecule has 0 unspecified atom stereocenters. The number of piperazine rings is 1.